The van der Waals surface area contributed by atoms with Crippen LogP contribution in [0.3, 0.4) is 0 Å². The first-order valence-corrected chi connectivity index (χ1v) is 11.2. The number of nitrogens with one attached hydrogen (secondary N) is 3. The summed E-state index contributed by atoms with van der Waals surface area (Å²) in [5, 5.41) is 10.4. The molecule has 31 heavy (non-hydrogen) atoms. The van der Waals surface area contributed by atoms with Gasteiger partial charge in [-0.3, -0.25) is 10.3 Å². The van der Waals surface area contributed by atoms with Crippen LogP contribution >= 0.6 is 11.5 Å². The largest absolute Gasteiger partial charge is 0.497 e. The fraction of sp³-hybridized carbons (Fsp3) is 0.348. The third kappa shape index (κ3) is 5.21. The Bertz CT molecular complexity index is 993. The predicted molar refractivity (Wildman–Crippen MR) is 123 cm³/mol. The second-order valence-electron chi connectivity index (χ2n) is 7.73. The number of carbonyl (C=O) groups excluding carboxylic acids is 1. The number of rotatable bonds is 6. The van der Waals surface area contributed by atoms with Crippen molar-refractivity contribution in [2.75, 3.05) is 25.5 Å². The Labute approximate surface area is 186 Å². The lowest BCUT2D eigenvalue weighted by molar-refractivity contribution is 0.226. The highest BCUT2D eigenvalue weighted by atomic mass is 32.1. The topological polar surface area (TPSA) is 88.2 Å². The summed E-state index contributed by atoms with van der Waals surface area (Å²) < 4.78 is 9.56. The van der Waals surface area contributed by atoms with Gasteiger partial charge in [-0.25, -0.2) is 4.79 Å². The van der Waals surface area contributed by atoms with Gasteiger partial charge in [-0.2, -0.15) is 4.37 Å². The second-order valence-corrected chi connectivity index (χ2v) is 8.54. The molecular weight excluding hydrogens is 410 g/mol. The molecule has 3 atom stereocenters. The van der Waals surface area contributed by atoms with Crippen LogP contribution in [0.4, 0.5) is 9.80 Å². The lowest BCUT2D eigenvalue weighted by Crippen LogP contribution is -2.52. The summed E-state index contributed by atoms with van der Waals surface area (Å²) in [7, 11) is 1.67. The molecule has 0 saturated carbocycles. The molecule has 1 aliphatic heterocycles. The Morgan fingerprint density at radius 3 is 2.77 bits per heavy atom. The molecule has 7 nitrogen and oxygen atoms in total. The average molecular weight is 438 g/mol. The number of piperidine rings is 1. The van der Waals surface area contributed by atoms with Gasteiger partial charge in [-0.15, -0.1) is 0 Å². The van der Waals surface area contributed by atoms with Crippen molar-refractivity contribution in [2.24, 2.45) is 5.92 Å². The van der Waals surface area contributed by atoms with Crippen molar-refractivity contribution in [3.63, 3.8) is 0 Å². The first kappa shape index (κ1) is 21.3. The van der Waals surface area contributed by atoms with Crippen molar-refractivity contribution in [2.45, 2.75) is 25.3 Å². The van der Waals surface area contributed by atoms with E-state index in [9.17, 15) is 4.79 Å². The van der Waals surface area contributed by atoms with E-state index in [2.05, 4.69) is 43.5 Å². The van der Waals surface area contributed by atoms with Crippen LogP contribution in [0.25, 0.3) is 0 Å². The summed E-state index contributed by atoms with van der Waals surface area (Å²) in [6.07, 6.45) is 4.56. The average Bonchev–Trinajstić information content (AvgIpc) is 3.20. The minimum absolute atomic E-state index is 0.0163. The molecule has 0 radical (unpaired) electrons. The van der Waals surface area contributed by atoms with E-state index in [0.29, 0.717) is 0 Å². The van der Waals surface area contributed by atoms with Gasteiger partial charge in [0.15, 0.2) is 0 Å². The van der Waals surface area contributed by atoms with E-state index in [4.69, 9.17) is 4.74 Å². The standard InChI is InChI=1S/C23H27N5O2S/c1-15-12-21(31-28-15)27-23(29)26-20-9-11-25-14-19(20)22(17-4-3-10-24-13-17)16-5-7-18(30-2)8-6-16/h3-8,10,12-13,19-20,22,25H,9,11,14H2,1-2H3,(H2,26,27,29). The van der Waals surface area contributed by atoms with Gasteiger partial charge in [0.05, 0.1) is 12.8 Å². The number of urea groups is 1. The number of pyridine rings is 1. The number of anilines is 1. The smallest absolute Gasteiger partial charge is 0.320 e. The number of ether oxygens (including phenoxy) is 1. The van der Waals surface area contributed by atoms with E-state index in [0.717, 1.165) is 41.5 Å². The summed E-state index contributed by atoms with van der Waals surface area (Å²) >= 11 is 1.29. The van der Waals surface area contributed by atoms with Gasteiger partial charge in [0.2, 0.25) is 0 Å². The summed E-state index contributed by atoms with van der Waals surface area (Å²) in [4.78, 5) is 17.1. The Kier molecular flexibility index (Phi) is 6.79. The van der Waals surface area contributed by atoms with Gasteiger partial charge in [0.25, 0.3) is 0 Å². The highest BCUT2D eigenvalue weighted by molar-refractivity contribution is 7.10. The second kappa shape index (κ2) is 9.89. The minimum atomic E-state index is -0.194. The maximum Gasteiger partial charge on any atom is 0.320 e. The number of aromatic nitrogens is 2. The molecule has 3 unspecified atom stereocenters. The van der Waals surface area contributed by atoms with Gasteiger partial charge in [0, 0.05) is 36.8 Å². The van der Waals surface area contributed by atoms with Crippen LogP contribution in [0.1, 0.15) is 29.2 Å². The van der Waals surface area contributed by atoms with Crippen LogP contribution in [0.2, 0.25) is 0 Å². The molecule has 4 rings (SSSR count). The van der Waals surface area contributed by atoms with E-state index in [-0.39, 0.29) is 23.9 Å². The van der Waals surface area contributed by atoms with Crippen LogP contribution in [0.15, 0.2) is 54.9 Å². The van der Waals surface area contributed by atoms with Crippen molar-refractivity contribution in [3.05, 3.63) is 71.7 Å². The molecule has 2 amide bonds. The Morgan fingerprint density at radius 1 is 1.26 bits per heavy atom. The number of hydrogen-bond acceptors (Lipinski definition) is 6. The van der Waals surface area contributed by atoms with Crippen molar-refractivity contribution < 1.29 is 9.53 Å². The number of carbonyl (C=O) groups is 1. The number of aryl methyl sites for hydroxylation is 1. The van der Waals surface area contributed by atoms with Crippen LogP contribution in [0.5, 0.6) is 5.75 Å². The van der Waals surface area contributed by atoms with Crippen molar-refractivity contribution in [1.82, 2.24) is 20.0 Å². The van der Waals surface area contributed by atoms with Crippen molar-refractivity contribution in [1.29, 1.82) is 0 Å². The SMILES string of the molecule is COc1ccc(C(c2cccnc2)C2CNCCC2NC(=O)Nc2cc(C)ns2)cc1. The normalized spacial score (nSPS) is 19.4. The first-order chi connectivity index (χ1) is 15.1. The highest BCUT2D eigenvalue weighted by Gasteiger charge is 2.35. The molecule has 0 spiro atoms. The summed E-state index contributed by atoms with van der Waals surface area (Å²) in [5.74, 6) is 1.08. The summed E-state index contributed by atoms with van der Waals surface area (Å²) in [6, 6.07) is 13.9. The van der Waals surface area contributed by atoms with Gasteiger partial charge in [0.1, 0.15) is 10.8 Å². The van der Waals surface area contributed by atoms with Gasteiger partial charge < -0.3 is 15.4 Å². The van der Waals surface area contributed by atoms with Crippen LogP contribution in [0, 0.1) is 12.8 Å². The Balaban J connectivity index is 1.59. The molecule has 2 aromatic heterocycles. The fourth-order valence-electron chi connectivity index (χ4n) is 4.21. The van der Waals surface area contributed by atoms with Crippen LogP contribution in [-0.2, 0) is 0 Å². The number of methoxy groups -OCH3 is 1. The summed E-state index contributed by atoms with van der Waals surface area (Å²) in [5.41, 5.74) is 3.20. The first-order valence-electron chi connectivity index (χ1n) is 10.4. The molecule has 1 aliphatic rings. The third-order valence-corrected chi connectivity index (χ3v) is 6.45. The van der Waals surface area contributed by atoms with Crippen molar-refractivity contribution in [3.8, 4) is 5.75 Å². The zero-order valence-corrected chi connectivity index (χ0v) is 18.5. The maximum absolute atomic E-state index is 12.7. The Morgan fingerprint density at radius 2 is 2.10 bits per heavy atom. The maximum atomic E-state index is 12.7. The van der Waals surface area contributed by atoms with E-state index >= 15 is 0 Å². The monoisotopic (exact) mass is 437 g/mol. The molecule has 1 aromatic carbocycles. The molecule has 0 aliphatic carbocycles. The molecule has 3 N–H and O–H groups in total. The highest BCUT2D eigenvalue weighted by Crippen LogP contribution is 2.36. The lowest BCUT2D eigenvalue weighted by Gasteiger charge is -2.38. The zero-order valence-electron chi connectivity index (χ0n) is 17.7. The number of amides is 2. The van der Waals surface area contributed by atoms with Gasteiger partial charge >= 0.3 is 6.03 Å². The van der Waals surface area contributed by atoms with E-state index in [1.54, 1.807) is 13.3 Å². The molecule has 3 heterocycles. The molecule has 162 valence electrons. The molecular formula is C23H27N5O2S. The predicted octanol–water partition coefficient (Wildman–Crippen LogP) is 3.79. The van der Waals surface area contributed by atoms with Crippen LogP contribution in [-0.4, -0.2) is 41.6 Å². The van der Waals surface area contributed by atoms with Gasteiger partial charge in [-0.1, -0.05) is 18.2 Å². The van der Waals surface area contributed by atoms with E-state index in [1.807, 2.05) is 37.4 Å². The quantitative estimate of drug-likeness (QED) is 0.546. The minimum Gasteiger partial charge on any atom is -0.497 e. The molecule has 0 bridgehead atoms. The lowest BCUT2D eigenvalue weighted by atomic mass is 9.75. The fourth-order valence-corrected chi connectivity index (χ4v) is 4.87. The van der Waals surface area contributed by atoms with Crippen LogP contribution < -0.4 is 20.7 Å². The zero-order chi connectivity index (χ0) is 21.6. The number of hydrogen-bond donors (Lipinski definition) is 3. The molecule has 3 aromatic rings. The van der Waals surface area contributed by atoms with Gasteiger partial charge in [-0.05, 0) is 66.8 Å². The molecule has 8 heteroatoms. The number of nitrogens with zero attached hydrogens (tertiary/aromatic N) is 2. The number of benzene rings is 1. The third-order valence-electron chi connectivity index (χ3n) is 5.66. The summed E-state index contributed by atoms with van der Waals surface area (Å²) in [6.45, 7) is 3.58. The van der Waals surface area contributed by atoms with E-state index < -0.39 is 0 Å². The van der Waals surface area contributed by atoms with Crippen molar-refractivity contribution >= 4 is 22.6 Å². The Hall–Kier alpha value is -2.97. The van der Waals surface area contributed by atoms with E-state index in [1.165, 1.54) is 17.1 Å². The molecule has 1 saturated heterocycles. The molecule has 1 fully saturated rings.